The minimum atomic E-state index is -0.0747. The molecule has 2 atom stereocenters. The van der Waals surface area contributed by atoms with Crippen molar-refractivity contribution in [3.8, 4) is 5.75 Å². The Kier molecular flexibility index (Phi) is 4.40. The van der Waals surface area contributed by atoms with Gasteiger partial charge >= 0.3 is 0 Å². The number of fused-ring (bicyclic) bond motifs is 2. The maximum atomic E-state index is 12.3. The molecule has 1 aromatic carbocycles. The van der Waals surface area contributed by atoms with Crippen molar-refractivity contribution in [3.63, 3.8) is 0 Å². The molecule has 2 unspecified atom stereocenters. The van der Waals surface area contributed by atoms with Crippen LogP contribution in [0, 0.1) is 3.57 Å². The lowest BCUT2D eigenvalue weighted by Crippen LogP contribution is -2.55. The van der Waals surface area contributed by atoms with Crippen molar-refractivity contribution in [2.45, 2.75) is 50.2 Å². The van der Waals surface area contributed by atoms with E-state index in [9.17, 15) is 9.90 Å². The Morgan fingerprint density at radius 2 is 2.00 bits per heavy atom. The molecule has 21 heavy (non-hydrogen) atoms. The van der Waals surface area contributed by atoms with Gasteiger partial charge in [-0.15, -0.1) is 0 Å². The topological polar surface area (TPSA) is 52.6 Å². The Morgan fingerprint density at radius 1 is 1.33 bits per heavy atom. The summed E-state index contributed by atoms with van der Waals surface area (Å²) in [5.41, 5.74) is 0.539. The van der Waals surface area contributed by atoms with Gasteiger partial charge in [0.25, 0.3) is 5.91 Å². The number of phenolic OH excluding ortho intramolecular Hbond substituents is 1. The van der Waals surface area contributed by atoms with Gasteiger partial charge in [-0.25, -0.2) is 0 Å². The summed E-state index contributed by atoms with van der Waals surface area (Å²) in [4.78, 5) is 14.8. The van der Waals surface area contributed by atoms with E-state index in [4.69, 9.17) is 0 Å². The largest absolute Gasteiger partial charge is 0.507 e. The maximum Gasteiger partial charge on any atom is 0.251 e. The van der Waals surface area contributed by atoms with E-state index in [2.05, 4.69) is 39.9 Å². The Labute approximate surface area is 139 Å². The molecule has 2 aliphatic heterocycles. The van der Waals surface area contributed by atoms with Gasteiger partial charge in [0.2, 0.25) is 0 Å². The van der Waals surface area contributed by atoms with Crippen molar-refractivity contribution in [1.82, 2.24) is 10.2 Å². The summed E-state index contributed by atoms with van der Waals surface area (Å²) >= 11 is 2.05. The first kappa shape index (κ1) is 15.1. The number of halogens is 1. The normalized spacial score (nSPS) is 29.1. The summed E-state index contributed by atoms with van der Waals surface area (Å²) in [5.74, 6) is 0.0952. The zero-order valence-corrected chi connectivity index (χ0v) is 14.3. The minimum Gasteiger partial charge on any atom is -0.507 e. The number of benzene rings is 1. The van der Waals surface area contributed by atoms with Crippen molar-refractivity contribution in [3.05, 3.63) is 27.3 Å². The van der Waals surface area contributed by atoms with Gasteiger partial charge in [-0.3, -0.25) is 4.79 Å². The lowest BCUT2D eigenvalue weighted by Gasteiger charge is -2.47. The maximum absolute atomic E-state index is 12.3. The molecule has 1 amide bonds. The zero-order valence-electron chi connectivity index (χ0n) is 12.2. The van der Waals surface area contributed by atoms with Crippen LogP contribution in [0.3, 0.4) is 0 Å². The molecule has 3 rings (SSSR count). The Hall–Kier alpha value is -0.820. The van der Waals surface area contributed by atoms with Crippen LogP contribution >= 0.6 is 22.6 Å². The number of amides is 1. The van der Waals surface area contributed by atoms with Crippen LogP contribution in [0.2, 0.25) is 0 Å². The lowest BCUT2D eigenvalue weighted by molar-refractivity contribution is 0.0463. The van der Waals surface area contributed by atoms with Crippen LogP contribution in [0.1, 0.15) is 42.5 Å². The first-order chi connectivity index (χ1) is 10.0. The standard InChI is InChI=1S/C16H21IN2O2/c1-19-12-3-2-4-13(19)9-11(8-12)18-16(21)10-5-6-14(17)15(20)7-10/h5-7,11-13,20H,2-4,8-9H2,1H3,(H,18,21). The van der Waals surface area contributed by atoms with Crippen molar-refractivity contribution in [2.24, 2.45) is 0 Å². The highest BCUT2D eigenvalue weighted by atomic mass is 127. The quantitative estimate of drug-likeness (QED) is 0.751. The molecule has 1 aromatic rings. The highest BCUT2D eigenvalue weighted by Gasteiger charge is 2.36. The number of hydrogen-bond donors (Lipinski definition) is 2. The summed E-state index contributed by atoms with van der Waals surface area (Å²) in [5, 5.41) is 12.9. The number of carbonyl (C=O) groups excluding carboxylic acids is 1. The van der Waals surface area contributed by atoms with Crippen molar-refractivity contribution >= 4 is 28.5 Å². The van der Waals surface area contributed by atoms with Crippen molar-refractivity contribution < 1.29 is 9.90 Å². The second-order valence-electron chi connectivity index (χ2n) is 6.21. The number of nitrogens with zero attached hydrogens (tertiary/aromatic N) is 1. The summed E-state index contributed by atoms with van der Waals surface area (Å²) < 4.78 is 0.762. The van der Waals surface area contributed by atoms with E-state index in [1.165, 1.54) is 19.3 Å². The molecule has 2 fully saturated rings. The fraction of sp³-hybridized carbons (Fsp3) is 0.562. The number of aromatic hydroxyl groups is 1. The Bertz CT molecular complexity index is 535. The van der Waals surface area contributed by atoms with Crippen LogP contribution in [-0.4, -0.2) is 41.1 Å². The molecule has 0 saturated carbocycles. The van der Waals surface area contributed by atoms with Gasteiger partial charge in [-0.05, 0) is 73.5 Å². The predicted octanol–water partition coefficient (Wildman–Crippen LogP) is 2.74. The van der Waals surface area contributed by atoms with Crippen molar-refractivity contribution in [2.75, 3.05) is 7.05 Å². The van der Waals surface area contributed by atoms with Crippen LogP contribution in [0.15, 0.2) is 18.2 Å². The highest BCUT2D eigenvalue weighted by molar-refractivity contribution is 14.1. The summed E-state index contributed by atoms with van der Waals surface area (Å²) in [6.07, 6.45) is 5.86. The highest BCUT2D eigenvalue weighted by Crippen LogP contribution is 2.32. The van der Waals surface area contributed by atoms with Gasteiger partial charge in [-0.2, -0.15) is 0 Å². The van der Waals surface area contributed by atoms with Gasteiger partial charge < -0.3 is 15.3 Å². The molecule has 4 nitrogen and oxygen atoms in total. The van der Waals surface area contributed by atoms with E-state index >= 15 is 0 Å². The van der Waals surface area contributed by atoms with Gasteiger partial charge in [0.15, 0.2) is 0 Å². The van der Waals surface area contributed by atoms with Gasteiger partial charge in [-0.1, -0.05) is 6.42 Å². The zero-order chi connectivity index (χ0) is 15.0. The molecule has 5 heteroatoms. The molecule has 2 aliphatic rings. The molecular weight excluding hydrogens is 379 g/mol. The lowest BCUT2D eigenvalue weighted by atomic mass is 9.82. The number of carbonyl (C=O) groups is 1. The summed E-state index contributed by atoms with van der Waals surface area (Å²) in [7, 11) is 2.21. The molecule has 114 valence electrons. The molecular formula is C16H21IN2O2. The number of phenols is 1. The number of nitrogens with one attached hydrogen (secondary N) is 1. The SMILES string of the molecule is CN1C2CCCC1CC(NC(=O)c1ccc(I)c(O)c1)C2. The summed E-state index contributed by atoms with van der Waals surface area (Å²) in [6.45, 7) is 0. The molecule has 0 radical (unpaired) electrons. The van der Waals surface area contributed by atoms with Gasteiger partial charge in [0.1, 0.15) is 5.75 Å². The van der Waals surface area contributed by atoms with Gasteiger partial charge in [0, 0.05) is 23.7 Å². The fourth-order valence-corrected chi connectivity index (χ4v) is 3.99. The van der Waals surface area contributed by atoms with Crippen LogP contribution in [0.5, 0.6) is 5.75 Å². The van der Waals surface area contributed by atoms with Crippen LogP contribution in [-0.2, 0) is 0 Å². The van der Waals surface area contributed by atoms with Crippen LogP contribution in [0.25, 0.3) is 0 Å². The molecule has 2 heterocycles. The van der Waals surface area contributed by atoms with Crippen molar-refractivity contribution in [1.29, 1.82) is 0 Å². The smallest absolute Gasteiger partial charge is 0.251 e. The van der Waals surface area contributed by atoms with E-state index in [1.54, 1.807) is 18.2 Å². The predicted molar refractivity (Wildman–Crippen MR) is 90.5 cm³/mol. The Morgan fingerprint density at radius 3 is 2.62 bits per heavy atom. The monoisotopic (exact) mass is 400 g/mol. The number of hydrogen-bond acceptors (Lipinski definition) is 3. The molecule has 0 spiro atoms. The molecule has 2 bridgehead atoms. The second-order valence-corrected chi connectivity index (χ2v) is 7.37. The number of piperidine rings is 2. The summed E-state index contributed by atoms with van der Waals surface area (Å²) in [6, 6.07) is 6.56. The molecule has 2 N–H and O–H groups in total. The molecule has 2 saturated heterocycles. The van der Waals surface area contributed by atoms with E-state index < -0.39 is 0 Å². The van der Waals surface area contributed by atoms with Crippen LogP contribution in [0.4, 0.5) is 0 Å². The first-order valence-electron chi connectivity index (χ1n) is 7.56. The average Bonchev–Trinajstić information content (AvgIpc) is 2.43. The molecule has 0 aromatic heterocycles. The third-order valence-corrected chi connectivity index (χ3v) is 5.80. The van der Waals surface area contributed by atoms with Crippen LogP contribution < -0.4 is 5.32 Å². The van der Waals surface area contributed by atoms with Gasteiger partial charge in [0.05, 0.1) is 3.57 Å². The van der Waals surface area contributed by atoms with E-state index in [-0.39, 0.29) is 17.7 Å². The third-order valence-electron chi connectivity index (χ3n) is 4.88. The first-order valence-corrected chi connectivity index (χ1v) is 8.64. The molecule has 0 aliphatic carbocycles. The minimum absolute atomic E-state index is 0.0747. The van der Waals surface area contributed by atoms with E-state index in [0.717, 1.165) is 16.4 Å². The van der Waals surface area contributed by atoms with E-state index in [1.807, 2.05) is 0 Å². The van der Waals surface area contributed by atoms with E-state index in [0.29, 0.717) is 17.6 Å². The average molecular weight is 400 g/mol. The third kappa shape index (κ3) is 3.18. The Balaban J connectivity index is 1.66. The number of rotatable bonds is 2. The fourth-order valence-electron chi connectivity index (χ4n) is 3.66. The second kappa shape index (κ2) is 6.12.